The van der Waals surface area contributed by atoms with Gasteiger partial charge in [-0.3, -0.25) is 5.32 Å². The summed E-state index contributed by atoms with van der Waals surface area (Å²) in [7, 11) is 0. The lowest BCUT2D eigenvalue weighted by molar-refractivity contribution is -0.134. The van der Waals surface area contributed by atoms with Crippen LogP contribution in [0.4, 0.5) is 20.6 Å². The fraction of sp³-hybridized carbons (Fsp3) is 0.632. The first kappa shape index (κ1) is 21.4. The average Bonchev–Trinajstić information content (AvgIpc) is 2.66. The maximum Gasteiger partial charge on any atom is 0.411 e. The van der Waals surface area contributed by atoms with Gasteiger partial charge >= 0.3 is 6.09 Å². The zero-order valence-electron chi connectivity index (χ0n) is 16.3. The number of hydrogen-bond donors (Lipinski definition) is 1. The summed E-state index contributed by atoms with van der Waals surface area (Å²) in [4.78, 5) is 13.8. The molecule has 8 heteroatoms. The third kappa shape index (κ3) is 6.05. The van der Waals surface area contributed by atoms with Crippen LogP contribution in [0.3, 0.4) is 0 Å². The molecular formula is C19H29FN2O5. The van der Waals surface area contributed by atoms with Crippen LogP contribution in [0.15, 0.2) is 12.1 Å². The maximum absolute atomic E-state index is 15.4. The van der Waals surface area contributed by atoms with Gasteiger partial charge in [0.05, 0.1) is 31.2 Å². The number of nitrogens with one attached hydrogen (secondary N) is 1. The Morgan fingerprint density at radius 3 is 2.44 bits per heavy atom. The number of benzene rings is 1. The number of nitrogens with zero attached hydrogens (tertiary/aromatic N) is 1. The molecule has 1 amide bonds. The van der Waals surface area contributed by atoms with Crippen molar-refractivity contribution in [3.63, 3.8) is 0 Å². The van der Waals surface area contributed by atoms with Crippen molar-refractivity contribution >= 4 is 17.5 Å². The third-order valence-electron chi connectivity index (χ3n) is 4.16. The SMILES string of the molecule is CCOC(=O)Nc1ccc(N2CCOCC2)c(F)c1CC(OCC)OCC. The van der Waals surface area contributed by atoms with Crippen LogP contribution in [0.1, 0.15) is 26.3 Å². The molecule has 1 heterocycles. The number of halogens is 1. The van der Waals surface area contributed by atoms with Crippen LogP contribution < -0.4 is 10.2 Å². The molecule has 0 saturated carbocycles. The molecule has 0 radical (unpaired) electrons. The number of amides is 1. The fourth-order valence-electron chi connectivity index (χ4n) is 2.96. The Morgan fingerprint density at radius 1 is 1.19 bits per heavy atom. The Labute approximate surface area is 159 Å². The van der Waals surface area contributed by atoms with Crippen molar-refractivity contribution < 1.29 is 28.1 Å². The highest BCUT2D eigenvalue weighted by atomic mass is 19.1. The van der Waals surface area contributed by atoms with Crippen molar-refractivity contribution in [2.24, 2.45) is 0 Å². The van der Waals surface area contributed by atoms with Gasteiger partial charge in [-0.15, -0.1) is 0 Å². The zero-order valence-corrected chi connectivity index (χ0v) is 16.3. The summed E-state index contributed by atoms with van der Waals surface area (Å²) < 4.78 is 36.8. The highest BCUT2D eigenvalue weighted by molar-refractivity contribution is 5.86. The summed E-state index contributed by atoms with van der Waals surface area (Å²) in [5.74, 6) is -0.393. The van der Waals surface area contributed by atoms with E-state index in [1.807, 2.05) is 18.7 Å². The summed E-state index contributed by atoms with van der Waals surface area (Å²) in [6.45, 7) is 8.86. The zero-order chi connectivity index (χ0) is 19.6. The second-order valence-corrected chi connectivity index (χ2v) is 5.91. The summed E-state index contributed by atoms with van der Waals surface area (Å²) in [5.41, 5.74) is 1.17. The monoisotopic (exact) mass is 384 g/mol. The number of hydrogen-bond acceptors (Lipinski definition) is 6. The molecule has 0 atom stereocenters. The first-order valence-corrected chi connectivity index (χ1v) is 9.41. The van der Waals surface area contributed by atoms with Gasteiger partial charge in [-0.25, -0.2) is 9.18 Å². The topological polar surface area (TPSA) is 69.3 Å². The summed E-state index contributed by atoms with van der Waals surface area (Å²) in [6.07, 6.45) is -1.05. The van der Waals surface area contributed by atoms with Crippen molar-refractivity contribution in [2.75, 3.05) is 56.3 Å². The van der Waals surface area contributed by atoms with E-state index < -0.39 is 18.2 Å². The van der Waals surface area contributed by atoms with E-state index in [1.165, 1.54) is 0 Å². The van der Waals surface area contributed by atoms with Gasteiger partial charge in [0.15, 0.2) is 12.1 Å². The molecule has 1 fully saturated rings. The first-order valence-electron chi connectivity index (χ1n) is 9.41. The minimum absolute atomic E-state index is 0.174. The molecule has 1 aliphatic rings. The van der Waals surface area contributed by atoms with Crippen LogP contribution >= 0.6 is 0 Å². The predicted molar refractivity (Wildman–Crippen MR) is 101 cm³/mol. The van der Waals surface area contributed by atoms with E-state index >= 15 is 4.39 Å². The second kappa shape index (κ2) is 11.1. The number of ether oxygens (including phenoxy) is 4. The molecule has 1 aliphatic heterocycles. The average molecular weight is 384 g/mol. The van der Waals surface area contributed by atoms with Gasteiger partial charge < -0.3 is 23.8 Å². The molecule has 0 aromatic heterocycles. The molecule has 2 rings (SSSR count). The van der Waals surface area contributed by atoms with E-state index in [2.05, 4.69) is 5.32 Å². The Bertz CT molecular complexity index is 602. The van der Waals surface area contributed by atoms with Gasteiger partial charge in [0.25, 0.3) is 0 Å². The van der Waals surface area contributed by atoms with Crippen LogP contribution in [0.5, 0.6) is 0 Å². The molecule has 0 bridgehead atoms. The largest absolute Gasteiger partial charge is 0.450 e. The summed E-state index contributed by atoms with van der Waals surface area (Å²) >= 11 is 0. The van der Waals surface area contributed by atoms with Crippen molar-refractivity contribution in [3.05, 3.63) is 23.5 Å². The van der Waals surface area contributed by atoms with Crippen molar-refractivity contribution in [3.8, 4) is 0 Å². The Balaban J connectivity index is 2.34. The molecule has 27 heavy (non-hydrogen) atoms. The number of rotatable bonds is 9. The third-order valence-corrected chi connectivity index (χ3v) is 4.16. The van der Waals surface area contributed by atoms with Crippen LogP contribution in [0.25, 0.3) is 0 Å². The Kier molecular flexibility index (Phi) is 8.77. The molecule has 152 valence electrons. The quantitative estimate of drug-likeness (QED) is 0.660. The standard InChI is InChI=1S/C19H29FN2O5/c1-4-25-17(26-5-2)13-14-15(21-19(23)27-6-3)7-8-16(18(14)20)22-9-11-24-12-10-22/h7-8,17H,4-6,9-13H2,1-3H3,(H,21,23). The van der Waals surface area contributed by atoms with Gasteiger partial charge in [0.1, 0.15) is 0 Å². The lowest BCUT2D eigenvalue weighted by Crippen LogP contribution is -2.37. The number of carbonyl (C=O) groups excluding carboxylic acids is 1. The molecule has 0 aliphatic carbocycles. The van der Waals surface area contributed by atoms with E-state index in [-0.39, 0.29) is 13.0 Å². The van der Waals surface area contributed by atoms with Crippen molar-refractivity contribution in [2.45, 2.75) is 33.5 Å². The highest BCUT2D eigenvalue weighted by Gasteiger charge is 2.23. The molecule has 1 N–H and O–H groups in total. The first-order chi connectivity index (χ1) is 13.1. The van der Waals surface area contributed by atoms with Crippen LogP contribution in [0.2, 0.25) is 0 Å². The molecular weight excluding hydrogens is 355 g/mol. The van der Waals surface area contributed by atoms with Gasteiger partial charge in [-0.1, -0.05) is 0 Å². The molecule has 7 nitrogen and oxygen atoms in total. The predicted octanol–water partition coefficient (Wildman–Crippen LogP) is 3.17. The van der Waals surface area contributed by atoms with E-state index in [9.17, 15) is 4.79 Å². The van der Waals surface area contributed by atoms with E-state index in [0.29, 0.717) is 56.5 Å². The molecule has 0 spiro atoms. The molecule has 1 saturated heterocycles. The van der Waals surface area contributed by atoms with Gasteiger partial charge in [0.2, 0.25) is 0 Å². The van der Waals surface area contributed by atoms with E-state index in [4.69, 9.17) is 18.9 Å². The van der Waals surface area contributed by atoms with Crippen molar-refractivity contribution in [1.29, 1.82) is 0 Å². The van der Waals surface area contributed by atoms with Crippen LogP contribution in [-0.2, 0) is 25.4 Å². The number of carbonyl (C=O) groups is 1. The minimum atomic E-state index is -0.623. The van der Waals surface area contributed by atoms with E-state index in [1.54, 1.807) is 19.1 Å². The second-order valence-electron chi connectivity index (χ2n) is 5.91. The minimum Gasteiger partial charge on any atom is -0.450 e. The summed E-state index contributed by atoms with van der Waals surface area (Å²) in [5, 5.41) is 2.62. The Hall–Kier alpha value is -1.90. The summed E-state index contributed by atoms with van der Waals surface area (Å²) in [6, 6.07) is 3.36. The highest BCUT2D eigenvalue weighted by Crippen LogP contribution is 2.31. The Morgan fingerprint density at radius 2 is 1.85 bits per heavy atom. The molecule has 1 aromatic rings. The normalized spacial score (nSPS) is 14.5. The van der Waals surface area contributed by atoms with Gasteiger partial charge in [0, 0.05) is 38.3 Å². The maximum atomic E-state index is 15.4. The fourth-order valence-corrected chi connectivity index (χ4v) is 2.96. The lowest BCUT2D eigenvalue weighted by Gasteiger charge is -2.30. The van der Waals surface area contributed by atoms with Crippen molar-refractivity contribution in [1.82, 2.24) is 0 Å². The number of morpholine rings is 1. The van der Waals surface area contributed by atoms with Crippen LogP contribution in [0, 0.1) is 5.82 Å². The lowest BCUT2D eigenvalue weighted by atomic mass is 10.1. The van der Waals surface area contributed by atoms with E-state index in [0.717, 1.165) is 0 Å². The smallest absolute Gasteiger partial charge is 0.411 e. The van der Waals surface area contributed by atoms with Crippen LogP contribution in [-0.4, -0.2) is 58.5 Å². The molecule has 1 aromatic carbocycles. The van der Waals surface area contributed by atoms with Gasteiger partial charge in [-0.05, 0) is 32.9 Å². The number of anilines is 2. The molecule has 0 unspecified atom stereocenters. The van der Waals surface area contributed by atoms with Gasteiger partial charge in [-0.2, -0.15) is 0 Å².